The molecule has 1 heterocycles. The predicted octanol–water partition coefficient (Wildman–Crippen LogP) is 2.35. The van der Waals surface area contributed by atoms with Gasteiger partial charge in [0.25, 0.3) is 0 Å². The zero-order valence-corrected chi connectivity index (χ0v) is 12.9. The highest BCUT2D eigenvalue weighted by atomic mass is 35.5. The lowest BCUT2D eigenvalue weighted by atomic mass is 9.93. The highest BCUT2D eigenvalue weighted by Gasteiger charge is 2.21. The number of halogens is 2. The summed E-state index contributed by atoms with van der Waals surface area (Å²) in [7, 11) is 0. The molecule has 0 spiro atoms. The first-order valence-corrected chi connectivity index (χ1v) is 7.02. The van der Waals surface area contributed by atoms with Gasteiger partial charge in [-0.15, -0.1) is 12.4 Å². The fraction of sp³-hybridized carbons (Fsp3) is 0.500. The molecule has 0 radical (unpaired) electrons. The number of nitrogens with zero attached hydrogens (tertiary/aromatic N) is 1. The Labute approximate surface area is 131 Å². The standard InChI is InChI=1S/C14H20ClN3O.ClH/c15-13-4-2-1-3-12(13)10-18-7-5-11(6-8-18)9-14(19)17-16;/h1-4,11H,5-10,16H2,(H,17,19);1H. The molecule has 20 heavy (non-hydrogen) atoms. The van der Waals surface area contributed by atoms with Crippen LogP contribution in [0.1, 0.15) is 24.8 Å². The Balaban J connectivity index is 0.00000200. The van der Waals surface area contributed by atoms with Crippen LogP contribution in [0.2, 0.25) is 5.02 Å². The van der Waals surface area contributed by atoms with E-state index in [0.29, 0.717) is 12.3 Å². The minimum absolute atomic E-state index is 0. The molecule has 1 aliphatic rings. The molecule has 4 nitrogen and oxygen atoms in total. The summed E-state index contributed by atoms with van der Waals surface area (Å²) in [6, 6.07) is 7.95. The van der Waals surface area contributed by atoms with Gasteiger partial charge >= 0.3 is 0 Å². The van der Waals surface area contributed by atoms with E-state index in [1.807, 2.05) is 18.2 Å². The Morgan fingerprint density at radius 1 is 1.35 bits per heavy atom. The van der Waals surface area contributed by atoms with Crippen molar-refractivity contribution in [3.8, 4) is 0 Å². The van der Waals surface area contributed by atoms with Gasteiger partial charge in [0.05, 0.1) is 0 Å². The fourth-order valence-corrected chi connectivity index (χ4v) is 2.73. The minimum Gasteiger partial charge on any atom is -0.299 e. The summed E-state index contributed by atoms with van der Waals surface area (Å²) in [6.45, 7) is 2.90. The summed E-state index contributed by atoms with van der Waals surface area (Å²) >= 11 is 6.17. The van der Waals surface area contributed by atoms with E-state index < -0.39 is 0 Å². The number of carbonyl (C=O) groups is 1. The maximum absolute atomic E-state index is 11.2. The molecule has 0 saturated carbocycles. The number of piperidine rings is 1. The molecular formula is C14H21Cl2N3O. The highest BCUT2D eigenvalue weighted by molar-refractivity contribution is 6.31. The monoisotopic (exact) mass is 317 g/mol. The van der Waals surface area contributed by atoms with Gasteiger partial charge in [-0.2, -0.15) is 0 Å². The third-order valence-corrected chi connectivity index (χ3v) is 4.06. The molecule has 1 aliphatic heterocycles. The van der Waals surface area contributed by atoms with Gasteiger partial charge in [0.1, 0.15) is 0 Å². The lowest BCUT2D eigenvalue weighted by Crippen LogP contribution is -2.37. The van der Waals surface area contributed by atoms with E-state index in [0.717, 1.165) is 37.5 Å². The summed E-state index contributed by atoms with van der Waals surface area (Å²) in [6.07, 6.45) is 2.62. The number of carbonyl (C=O) groups excluding carboxylic acids is 1. The van der Waals surface area contributed by atoms with Crippen molar-refractivity contribution in [2.24, 2.45) is 11.8 Å². The lowest BCUT2D eigenvalue weighted by molar-refractivity contribution is -0.122. The van der Waals surface area contributed by atoms with Crippen LogP contribution >= 0.6 is 24.0 Å². The summed E-state index contributed by atoms with van der Waals surface area (Å²) < 4.78 is 0. The van der Waals surface area contributed by atoms with E-state index in [2.05, 4.69) is 16.4 Å². The summed E-state index contributed by atoms with van der Waals surface area (Å²) in [4.78, 5) is 13.6. The number of hydrogen-bond acceptors (Lipinski definition) is 3. The number of likely N-dealkylation sites (tertiary alicyclic amines) is 1. The van der Waals surface area contributed by atoms with Crippen LogP contribution in [-0.2, 0) is 11.3 Å². The number of hydrogen-bond donors (Lipinski definition) is 2. The van der Waals surface area contributed by atoms with Crippen LogP contribution in [0.25, 0.3) is 0 Å². The van der Waals surface area contributed by atoms with Crippen LogP contribution in [0.15, 0.2) is 24.3 Å². The minimum atomic E-state index is -0.0652. The second kappa shape index (κ2) is 8.47. The number of hydrazine groups is 1. The van der Waals surface area contributed by atoms with Crippen molar-refractivity contribution in [2.75, 3.05) is 13.1 Å². The third-order valence-electron chi connectivity index (χ3n) is 3.69. The molecular weight excluding hydrogens is 297 g/mol. The van der Waals surface area contributed by atoms with Crippen molar-refractivity contribution in [1.29, 1.82) is 0 Å². The maximum Gasteiger partial charge on any atom is 0.234 e. The molecule has 112 valence electrons. The Morgan fingerprint density at radius 3 is 2.60 bits per heavy atom. The lowest BCUT2D eigenvalue weighted by Gasteiger charge is -2.31. The number of benzene rings is 1. The average Bonchev–Trinajstić information content (AvgIpc) is 2.43. The van der Waals surface area contributed by atoms with Gasteiger partial charge in [-0.05, 0) is 43.5 Å². The first-order chi connectivity index (χ1) is 9.19. The van der Waals surface area contributed by atoms with Gasteiger partial charge in [0.2, 0.25) is 5.91 Å². The van der Waals surface area contributed by atoms with Gasteiger partial charge in [0.15, 0.2) is 0 Å². The van der Waals surface area contributed by atoms with Crippen LogP contribution in [0.3, 0.4) is 0 Å². The quantitative estimate of drug-likeness (QED) is 0.509. The van der Waals surface area contributed by atoms with Gasteiger partial charge in [0, 0.05) is 18.0 Å². The second-order valence-corrected chi connectivity index (χ2v) is 5.49. The molecule has 6 heteroatoms. The average molecular weight is 318 g/mol. The summed E-state index contributed by atoms with van der Waals surface area (Å²) in [5.74, 6) is 5.50. The van der Waals surface area contributed by atoms with E-state index in [1.165, 1.54) is 5.56 Å². The molecule has 1 fully saturated rings. The molecule has 0 aliphatic carbocycles. The van der Waals surface area contributed by atoms with E-state index >= 15 is 0 Å². The summed E-state index contributed by atoms with van der Waals surface area (Å²) in [5, 5.41) is 0.826. The Bertz CT molecular complexity index is 434. The molecule has 1 amide bonds. The smallest absolute Gasteiger partial charge is 0.234 e. The van der Waals surface area contributed by atoms with Gasteiger partial charge in [-0.3, -0.25) is 15.1 Å². The van der Waals surface area contributed by atoms with Crippen LogP contribution in [0, 0.1) is 5.92 Å². The van der Waals surface area contributed by atoms with E-state index in [-0.39, 0.29) is 18.3 Å². The van der Waals surface area contributed by atoms with E-state index in [4.69, 9.17) is 17.4 Å². The first kappa shape index (κ1) is 17.2. The molecule has 0 aromatic heterocycles. The third kappa shape index (κ3) is 4.94. The molecule has 1 aromatic carbocycles. The van der Waals surface area contributed by atoms with Crippen molar-refractivity contribution in [2.45, 2.75) is 25.8 Å². The molecule has 1 saturated heterocycles. The zero-order chi connectivity index (χ0) is 13.7. The van der Waals surface area contributed by atoms with Crippen molar-refractivity contribution >= 4 is 29.9 Å². The van der Waals surface area contributed by atoms with Crippen molar-refractivity contribution in [1.82, 2.24) is 10.3 Å². The first-order valence-electron chi connectivity index (χ1n) is 6.64. The zero-order valence-electron chi connectivity index (χ0n) is 11.3. The highest BCUT2D eigenvalue weighted by Crippen LogP contribution is 2.23. The molecule has 3 N–H and O–H groups in total. The summed E-state index contributed by atoms with van der Waals surface area (Å²) in [5.41, 5.74) is 3.37. The number of nitrogens with two attached hydrogens (primary N) is 1. The normalized spacial score (nSPS) is 16.5. The van der Waals surface area contributed by atoms with Gasteiger partial charge < -0.3 is 0 Å². The van der Waals surface area contributed by atoms with Crippen molar-refractivity contribution in [3.05, 3.63) is 34.9 Å². The fourth-order valence-electron chi connectivity index (χ4n) is 2.54. The van der Waals surface area contributed by atoms with Crippen molar-refractivity contribution in [3.63, 3.8) is 0 Å². The maximum atomic E-state index is 11.2. The van der Waals surface area contributed by atoms with Crippen LogP contribution < -0.4 is 11.3 Å². The SMILES string of the molecule is Cl.NNC(=O)CC1CCN(Cc2ccccc2Cl)CC1. The largest absolute Gasteiger partial charge is 0.299 e. The van der Waals surface area contributed by atoms with Crippen molar-refractivity contribution < 1.29 is 4.79 Å². The van der Waals surface area contributed by atoms with E-state index in [9.17, 15) is 4.79 Å². The number of nitrogens with one attached hydrogen (secondary N) is 1. The van der Waals surface area contributed by atoms with Crippen LogP contribution in [-0.4, -0.2) is 23.9 Å². The molecule has 0 atom stereocenters. The molecule has 0 unspecified atom stereocenters. The topological polar surface area (TPSA) is 58.4 Å². The molecule has 2 rings (SSSR count). The Morgan fingerprint density at radius 2 is 2.00 bits per heavy atom. The predicted molar refractivity (Wildman–Crippen MR) is 83.6 cm³/mol. The Hall–Kier alpha value is -0.810. The number of amides is 1. The molecule has 1 aromatic rings. The molecule has 0 bridgehead atoms. The second-order valence-electron chi connectivity index (χ2n) is 5.08. The number of rotatable bonds is 4. The van der Waals surface area contributed by atoms with Gasteiger partial charge in [-0.25, -0.2) is 5.84 Å². The van der Waals surface area contributed by atoms with Gasteiger partial charge in [-0.1, -0.05) is 29.8 Å². The van der Waals surface area contributed by atoms with E-state index in [1.54, 1.807) is 0 Å². The van der Waals surface area contributed by atoms with Crippen LogP contribution in [0.4, 0.5) is 0 Å². The Kier molecular flexibility index (Phi) is 7.30. The van der Waals surface area contributed by atoms with Crippen LogP contribution in [0.5, 0.6) is 0 Å².